The Bertz CT molecular complexity index is 565. The highest BCUT2D eigenvalue weighted by Gasteiger charge is 2.34. The van der Waals surface area contributed by atoms with Crippen LogP contribution in [-0.4, -0.2) is 26.7 Å². The van der Waals surface area contributed by atoms with E-state index < -0.39 is 22.5 Å². The van der Waals surface area contributed by atoms with Crippen molar-refractivity contribution < 1.29 is 17.4 Å². The summed E-state index contributed by atoms with van der Waals surface area (Å²) in [6.07, 6.45) is -3.02. The molecule has 0 spiro atoms. The highest BCUT2D eigenvalue weighted by Crippen LogP contribution is 2.33. The molecule has 8 heteroatoms. The van der Waals surface area contributed by atoms with Crippen molar-refractivity contribution in [2.24, 2.45) is 5.73 Å². The highest BCUT2D eigenvalue weighted by atomic mass is 32.2. The lowest BCUT2D eigenvalue weighted by Crippen LogP contribution is -2.29. The van der Waals surface area contributed by atoms with Gasteiger partial charge in [0.2, 0.25) is 0 Å². The molecule has 3 nitrogen and oxygen atoms in total. The molecule has 1 aromatic carbocycles. The third-order valence-electron chi connectivity index (χ3n) is 3.35. The molecule has 0 amide bonds. The standard InChI is InChI=1S/C13H15F3N2OS2/c14-13(15,16)11-2-1-9(7-10(11)12(17)20)18-8-3-5-21(19)6-4-8/h1-2,7-8,18H,3-6H2,(H2,17,20). The number of benzene rings is 1. The molecule has 0 saturated carbocycles. The van der Waals surface area contributed by atoms with Gasteiger partial charge in [-0.25, -0.2) is 0 Å². The Labute approximate surface area is 128 Å². The zero-order valence-electron chi connectivity index (χ0n) is 11.1. The highest BCUT2D eigenvalue weighted by molar-refractivity contribution is 7.85. The van der Waals surface area contributed by atoms with Crippen LogP contribution in [0.1, 0.15) is 24.0 Å². The Morgan fingerprint density at radius 3 is 2.48 bits per heavy atom. The van der Waals surface area contributed by atoms with Crippen molar-refractivity contribution in [1.82, 2.24) is 0 Å². The molecule has 1 aliphatic heterocycles. The molecule has 1 aliphatic rings. The van der Waals surface area contributed by atoms with E-state index in [2.05, 4.69) is 5.32 Å². The van der Waals surface area contributed by atoms with Crippen LogP contribution in [0.5, 0.6) is 0 Å². The first-order valence-corrected chi connectivity index (χ1v) is 8.29. The summed E-state index contributed by atoms with van der Waals surface area (Å²) in [6, 6.07) is 3.80. The second-order valence-electron chi connectivity index (χ2n) is 4.89. The smallest absolute Gasteiger partial charge is 0.389 e. The minimum atomic E-state index is -4.49. The summed E-state index contributed by atoms with van der Waals surface area (Å²) in [5.74, 6) is 1.22. The molecule has 2 rings (SSSR count). The number of halogens is 3. The van der Waals surface area contributed by atoms with Gasteiger partial charge in [0.05, 0.1) is 5.56 Å². The van der Waals surface area contributed by atoms with Crippen LogP contribution in [0.4, 0.5) is 18.9 Å². The van der Waals surface area contributed by atoms with Gasteiger partial charge in [0, 0.05) is 39.6 Å². The van der Waals surface area contributed by atoms with E-state index in [9.17, 15) is 17.4 Å². The van der Waals surface area contributed by atoms with E-state index >= 15 is 0 Å². The molecule has 21 heavy (non-hydrogen) atoms. The van der Waals surface area contributed by atoms with Gasteiger partial charge in [-0.2, -0.15) is 13.2 Å². The molecular weight excluding hydrogens is 321 g/mol. The van der Waals surface area contributed by atoms with Gasteiger partial charge in [-0.05, 0) is 31.0 Å². The third-order valence-corrected chi connectivity index (χ3v) is 4.95. The summed E-state index contributed by atoms with van der Waals surface area (Å²) < 4.78 is 49.9. The van der Waals surface area contributed by atoms with Gasteiger partial charge in [0.15, 0.2) is 0 Å². The molecule has 0 aromatic heterocycles. The first kappa shape index (κ1) is 16.2. The fourth-order valence-corrected chi connectivity index (χ4v) is 3.73. The van der Waals surface area contributed by atoms with E-state index in [1.807, 2.05) is 0 Å². The summed E-state index contributed by atoms with van der Waals surface area (Å²) in [5, 5.41) is 3.16. The summed E-state index contributed by atoms with van der Waals surface area (Å²) in [4.78, 5) is -0.282. The number of nitrogens with two attached hydrogens (primary N) is 1. The van der Waals surface area contributed by atoms with Crippen LogP contribution >= 0.6 is 12.2 Å². The quantitative estimate of drug-likeness (QED) is 0.833. The maximum Gasteiger partial charge on any atom is 0.417 e. The number of rotatable bonds is 3. The Hall–Kier alpha value is -1.15. The molecule has 116 valence electrons. The van der Waals surface area contributed by atoms with Crippen molar-refractivity contribution in [3.05, 3.63) is 29.3 Å². The van der Waals surface area contributed by atoms with E-state index in [0.29, 0.717) is 17.2 Å². The monoisotopic (exact) mass is 336 g/mol. The summed E-state index contributed by atoms with van der Waals surface area (Å²) in [6.45, 7) is 0. The molecule has 0 aliphatic carbocycles. The number of nitrogens with one attached hydrogen (secondary N) is 1. The molecule has 0 radical (unpaired) electrons. The van der Waals surface area contributed by atoms with Gasteiger partial charge >= 0.3 is 6.18 Å². The second kappa shape index (κ2) is 6.31. The first-order chi connectivity index (χ1) is 9.77. The van der Waals surface area contributed by atoms with E-state index in [0.717, 1.165) is 18.9 Å². The van der Waals surface area contributed by atoms with Crippen LogP contribution in [0, 0.1) is 0 Å². The predicted molar refractivity (Wildman–Crippen MR) is 81.9 cm³/mol. The first-order valence-electron chi connectivity index (χ1n) is 6.40. The topological polar surface area (TPSA) is 55.1 Å². The molecule has 3 N–H and O–H groups in total. The van der Waals surface area contributed by atoms with Gasteiger partial charge < -0.3 is 11.1 Å². The molecular formula is C13H15F3N2OS2. The molecule has 1 heterocycles. The molecule has 1 saturated heterocycles. The Balaban J connectivity index is 2.20. The molecule has 0 atom stereocenters. The summed E-state index contributed by atoms with van der Waals surface area (Å²) in [5.41, 5.74) is 4.93. The van der Waals surface area contributed by atoms with Crippen molar-refractivity contribution in [1.29, 1.82) is 0 Å². The normalized spacial score (nSPS) is 22.8. The Kier molecular flexibility index (Phi) is 4.88. The second-order valence-corrected chi connectivity index (χ2v) is 7.03. The van der Waals surface area contributed by atoms with Crippen molar-refractivity contribution in [2.75, 3.05) is 16.8 Å². The average molecular weight is 336 g/mol. The van der Waals surface area contributed by atoms with Gasteiger partial charge in [-0.15, -0.1) is 0 Å². The van der Waals surface area contributed by atoms with Crippen molar-refractivity contribution >= 4 is 33.7 Å². The lowest BCUT2D eigenvalue weighted by molar-refractivity contribution is -0.137. The molecule has 0 bridgehead atoms. The molecule has 0 unspecified atom stereocenters. The minimum absolute atomic E-state index is 0.110. The average Bonchev–Trinajstić information content (AvgIpc) is 2.40. The summed E-state index contributed by atoms with van der Waals surface area (Å²) >= 11 is 4.71. The van der Waals surface area contributed by atoms with Crippen LogP contribution < -0.4 is 11.1 Å². The number of anilines is 1. The van der Waals surface area contributed by atoms with Crippen LogP contribution in [0.25, 0.3) is 0 Å². The maximum atomic E-state index is 12.9. The number of alkyl halides is 3. The number of thiocarbonyl (C=S) groups is 1. The van der Waals surface area contributed by atoms with E-state index in [1.54, 1.807) is 0 Å². The van der Waals surface area contributed by atoms with Crippen LogP contribution in [0.2, 0.25) is 0 Å². The van der Waals surface area contributed by atoms with Gasteiger partial charge in [-0.3, -0.25) is 4.21 Å². The lowest BCUT2D eigenvalue weighted by atomic mass is 10.0. The Morgan fingerprint density at radius 2 is 1.95 bits per heavy atom. The molecule has 1 aromatic rings. The lowest BCUT2D eigenvalue weighted by Gasteiger charge is -2.24. The van der Waals surface area contributed by atoms with E-state index in [-0.39, 0.29) is 16.6 Å². The SMILES string of the molecule is NC(=S)c1cc(NC2CCS(=O)CC2)ccc1C(F)(F)F. The predicted octanol–water partition coefficient (Wildman–Crippen LogP) is 2.66. The van der Waals surface area contributed by atoms with Gasteiger partial charge in [0.1, 0.15) is 4.99 Å². The van der Waals surface area contributed by atoms with Crippen molar-refractivity contribution in [3.8, 4) is 0 Å². The van der Waals surface area contributed by atoms with Crippen LogP contribution in [0.3, 0.4) is 0 Å². The van der Waals surface area contributed by atoms with Crippen LogP contribution in [0.15, 0.2) is 18.2 Å². The molecule has 1 fully saturated rings. The fraction of sp³-hybridized carbons (Fsp3) is 0.462. The zero-order chi connectivity index (χ0) is 15.6. The maximum absolute atomic E-state index is 12.9. The third kappa shape index (κ3) is 4.16. The number of hydrogen-bond acceptors (Lipinski definition) is 3. The van der Waals surface area contributed by atoms with E-state index in [4.69, 9.17) is 18.0 Å². The van der Waals surface area contributed by atoms with Crippen molar-refractivity contribution in [2.45, 2.75) is 25.1 Å². The van der Waals surface area contributed by atoms with E-state index in [1.165, 1.54) is 12.1 Å². The van der Waals surface area contributed by atoms with Crippen molar-refractivity contribution in [3.63, 3.8) is 0 Å². The minimum Gasteiger partial charge on any atom is -0.389 e. The zero-order valence-corrected chi connectivity index (χ0v) is 12.7. The largest absolute Gasteiger partial charge is 0.417 e. The van der Waals surface area contributed by atoms with Gasteiger partial charge in [-0.1, -0.05) is 12.2 Å². The fourth-order valence-electron chi connectivity index (χ4n) is 2.26. The Morgan fingerprint density at radius 1 is 1.33 bits per heavy atom. The van der Waals surface area contributed by atoms with Crippen LogP contribution in [-0.2, 0) is 17.0 Å². The summed E-state index contributed by atoms with van der Waals surface area (Å²) in [7, 11) is -0.776. The van der Waals surface area contributed by atoms with Gasteiger partial charge in [0.25, 0.3) is 0 Å². The number of hydrogen-bond donors (Lipinski definition) is 2.